The number of carboxylic acid groups (broad SMARTS) is 1. The summed E-state index contributed by atoms with van der Waals surface area (Å²) >= 11 is 0. The number of hydrogen-bond donors (Lipinski definition) is 2. The number of amides is 1. The van der Waals surface area contributed by atoms with Gasteiger partial charge in [-0.25, -0.2) is 13.6 Å². The second kappa shape index (κ2) is 6.05. The molecule has 124 valence electrons. The van der Waals surface area contributed by atoms with Crippen LogP contribution in [0.15, 0.2) is 54.6 Å². The molecule has 0 radical (unpaired) electrons. The molecule has 2 aromatic rings. The van der Waals surface area contributed by atoms with Crippen molar-refractivity contribution in [3.63, 3.8) is 0 Å². The van der Waals surface area contributed by atoms with Gasteiger partial charge >= 0.3 is 6.09 Å². The van der Waals surface area contributed by atoms with E-state index >= 15 is 0 Å². The van der Waals surface area contributed by atoms with Gasteiger partial charge in [-0.05, 0) is 35.4 Å². The number of carbonyl (C=O) groups is 1. The quantitative estimate of drug-likeness (QED) is 0.908. The van der Waals surface area contributed by atoms with E-state index in [1.165, 1.54) is 0 Å². The number of nitrogens with zero attached hydrogens (tertiary/aromatic N) is 1. The second-order valence-corrected chi connectivity index (χ2v) is 5.66. The molecule has 4 nitrogen and oxygen atoms in total. The van der Waals surface area contributed by atoms with Crippen LogP contribution in [0.4, 0.5) is 13.6 Å². The van der Waals surface area contributed by atoms with E-state index < -0.39 is 23.3 Å². The molecule has 0 unspecified atom stereocenters. The van der Waals surface area contributed by atoms with Gasteiger partial charge in [0, 0.05) is 12.1 Å². The molecule has 0 saturated heterocycles. The molecule has 2 aromatic carbocycles. The summed E-state index contributed by atoms with van der Waals surface area (Å²) in [5.41, 5.74) is 5.93. The van der Waals surface area contributed by atoms with Crippen molar-refractivity contribution in [1.29, 1.82) is 0 Å². The van der Waals surface area contributed by atoms with Gasteiger partial charge in [0.05, 0.1) is 6.54 Å². The predicted octanol–water partition coefficient (Wildman–Crippen LogP) is 3.20. The lowest BCUT2D eigenvalue weighted by atomic mass is 9.89. The van der Waals surface area contributed by atoms with Crippen LogP contribution in [0.1, 0.15) is 11.1 Å². The van der Waals surface area contributed by atoms with Crippen LogP contribution >= 0.6 is 0 Å². The van der Waals surface area contributed by atoms with Gasteiger partial charge < -0.3 is 10.8 Å². The molecule has 1 amide bonds. The Kier molecular flexibility index (Phi) is 4.07. The maximum Gasteiger partial charge on any atom is 0.408 e. The number of benzene rings is 2. The van der Waals surface area contributed by atoms with Gasteiger partial charge in [-0.15, -0.1) is 0 Å². The summed E-state index contributed by atoms with van der Waals surface area (Å²) in [4.78, 5) is 12.9. The lowest BCUT2D eigenvalue weighted by molar-refractivity contribution is 0.115. The number of hydrogen-bond acceptors (Lipinski definition) is 2. The van der Waals surface area contributed by atoms with Crippen molar-refractivity contribution >= 4 is 11.7 Å². The topological polar surface area (TPSA) is 66.6 Å². The lowest BCUT2D eigenvalue weighted by Crippen LogP contribution is -2.49. The smallest absolute Gasteiger partial charge is 0.408 e. The van der Waals surface area contributed by atoms with Crippen molar-refractivity contribution in [3.05, 3.63) is 77.4 Å². The fraction of sp³-hybridized carbons (Fsp3) is 0.167. The summed E-state index contributed by atoms with van der Waals surface area (Å²) in [6.07, 6.45) is 0.446. The zero-order valence-corrected chi connectivity index (χ0v) is 12.7. The first-order valence-electron chi connectivity index (χ1n) is 7.41. The minimum absolute atomic E-state index is 0.0102. The third-order valence-corrected chi connectivity index (χ3v) is 4.31. The lowest BCUT2D eigenvalue weighted by Gasteiger charge is -2.35. The molecule has 1 aliphatic rings. The molecular weight excluding hydrogens is 314 g/mol. The first kappa shape index (κ1) is 16.1. The third-order valence-electron chi connectivity index (χ3n) is 4.31. The minimum atomic E-state index is -1.17. The SMILES string of the molecule is NC[C@@]1(c2ccccc2)C=C(c2cc(F)ccc2F)CN1C(=O)O. The number of rotatable bonds is 3. The molecule has 0 aliphatic carbocycles. The van der Waals surface area contributed by atoms with Crippen molar-refractivity contribution in [3.8, 4) is 0 Å². The zero-order chi connectivity index (χ0) is 17.3. The normalized spacial score (nSPS) is 20.1. The molecule has 0 spiro atoms. The average molecular weight is 330 g/mol. The third kappa shape index (κ3) is 2.55. The maximum atomic E-state index is 14.1. The van der Waals surface area contributed by atoms with Crippen molar-refractivity contribution in [2.24, 2.45) is 5.73 Å². The summed E-state index contributed by atoms with van der Waals surface area (Å²) in [5, 5.41) is 9.60. The summed E-state index contributed by atoms with van der Waals surface area (Å²) in [7, 11) is 0. The largest absolute Gasteiger partial charge is 0.465 e. The molecule has 0 saturated carbocycles. The van der Waals surface area contributed by atoms with E-state index in [2.05, 4.69) is 0 Å². The monoisotopic (exact) mass is 330 g/mol. The van der Waals surface area contributed by atoms with Crippen LogP contribution in [0, 0.1) is 11.6 Å². The van der Waals surface area contributed by atoms with Crippen molar-refractivity contribution in [2.45, 2.75) is 5.54 Å². The van der Waals surface area contributed by atoms with Gasteiger partial charge in [-0.3, -0.25) is 4.90 Å². The summed E-state index contributed by atoms with van der Waals surface area (Å²) in [6, 6.07) is 12.0. The standard InChI is InChI=1S/C18H16F2N2O2/c19-14-6-7-16(20)15(8-14)12-9-18(11-21,22(10-12)17(23)24)13-4-2-1-3-5-13/h1-9H,10-11,21H2,(H,23,24)/t18-/m1/s1. The molecule has 6 heteroatoms. The molecule has 3 N–H and O–H groups in total. The van der Waals surface area contributed by atoms with Crippen LogP contribution in [0.2, 0.25) is 0 Å². The molecule has 1 atom stereocenters. The van der Waals surface area contributed by atoms with Gasteiger partial charge in [0.1, 0.15) is 17.2 Å². The van der Waals surface area contributed by atoms with Crippen molar-refractivity contribution in [1.82, 2.24) is 4.90 Å². The Morgan fingerprint density at radius 2 is 1.92 bits per heavy atom. The van der Waals surface area contributed by atoms with E-state index in [-0.39, 0.29) is 18.7 Å². The van der Waals surface area contributed by atoms with E-state index in [0.29, 0.717) is 11.1 Å². The van der Waals surface area contributed by atoms with Crippen LogP contribution < -0.4 is 5.73 Å². The van der Waals surface area contributed by atoms with Crippen molar-refractivity contribution < 1.29 is 18.7 Å². The fourth-order valence-electron chi connectivity index (χ4n) is 3.12. The first-order chi connectivity index (χ1) is 11.5. The Morgan fingerprint density at radius 3 is 2.54 bits per heavy atom. The highest BCUT2D eigenvalue weighted by molar-refractivity contribution is 5.79. The first-order valence-corrected chi connectivity index (χ1v) is 7.41. The molecule has 3 rings (SSSR count). The molecule has 1 heterocycles. The van der Waals surface area contributed by atoms with Gasteiger partial charge in [-0.1, -0.05) is 30.3 Å². The van der Waals surface area contributed by atoms with E-state index in [0.717, 1.165) is 23.1 Å². The molecule has 1 aliphatic heterocycles. The van der Waals surface area contributed by atoms with E-state index in [1.807, 2.05) is 6.07 Å². The van der Waals surface area contributed by atoms with Crippen LogP contribution in [0.5, 0.6) is 0 Å². The van der Waals surface area contributed by atoms with E-state index in [1.54, 1.807) is 30.3 Å². The van der Waals surface area contributed by atoms with Gasteiger partial charge in [0.15, 0.2) is 0 Å². The Balaban J connectivity index is 2.17. The Labute approximate surface area is 137 Å². The highest BCUT2D eigenvalue weighted by Gasteiger charge is 2.44. The van der Waals surface area contributed by atoms with Gasteiger partial charge in [0.2, 0.25) is 0 Å². The highest BCUT2D eigenvalue weighted by Crippen LogP contribution is 2.40. The molecular formula is C18H16F2N2O2. The number of halogens is 2. The molecule has 0 aromatic heterocycles. The maximum absolute atomic E-state index is 14.1. The zero-order valence-electron chi connectivity index (χ0n) is 12.7. The van der Waals surface area contributed by atoms with Gasteiger partial charge in [0.25, 0.3) is 0 Å². The summed E-state index contributed by atoms with van der Waals surface area (Å²) in [6.45, 7) is -0.0778. The van der Waals surface area contributed by atoms with Crippen molar-refractivity contribution in [2.75, 3.05) is 13.1 Å². The molecule has 0 bridgehead atoms. The van der Waals surface area contributed by atoms with Gasteiger partial charge in [-0.2, -0.15) is 0 Å². The second-order valence-electron chi connectivity index (χ2n) is 5.66. The number of nitrogens with two attached hydrogens (primary N) is 1. The predicted molar refractivity (Wildman–Crippen MR) is 86.2 cm³/mol. The summed E-state index contributed by atoms with van der Waals surface area (Å²) in [5.74, 6) is -1.19. The van der Waals surface area contributed by atoms with Crippen LogP contribution in [0.25, 0.3) is 5.57 Å². The summed E-state index contributed by atoms with van der Waals surface area (Å²) < 4.78 is 27.6. The Bertz CT molecular complexity index is 808. The minimum Gasteiger partial charge on any atom is -0.465 e. The van der Waals surface area contributed by atoms with Crippen LogP contribution in [0.3, 0.4) is 0 Å². The van der Waals surface area contributed by atoms with E-state index in [9.17, 15) is 18.7 Å². The molecule has 24 heavy (non-hydrogen) atoms. The van der Waals surface area contributed by atoms with Crippen LogP contribution in [-0.2, 0) is 5.54 Å². The molecule has 0 fully saturated rings. The van der Waals surface area contributed by atoms with Crippen LogP contribution in [-0.4, -0.2) is 29.2 Å². The average Bonchev–Trinajstić information content (AvgIpc) is 2.99. The Hall–Kier alpha value is -2.73. The Morgan fingerprint density at radius 1 is 1.21 bits per heavy atom. The fourth-order valence-corrected chi connectivity index (χ4v) is 3.12. The van der Waals surface area contributed by atoms with E-state index in [4.69, 9.17) is 5.73 Å². The highest BCUT2D eigenvalue weighted by atomic mass is 19.1.